The van der Waals surface area contributed by atoms with Gasteiger partial charge in [-0.15, -0.1) is 0 Å². The van der Waals surface area contributed by atoms with E-state index in [2.05, 4.69) is 15.1 Å². The summed E-state index contributed by atoms with van der Waals surface area (Å²) in [4.78, 5) is 7.85. The third-order valence-electron chi connectivity index (χ3n) is 1.46. The highest BCUT2D eigenvalue weighted by atomic mass is 35.5. The summed E-state index contributed by atoms with van der Waals surface area (Å²) in [5.41, 5.74) is 0.742. The molecule has 0 radical (unpaired) electrons. The first kappa shape index (κ1) is 6.54. The second-order valence-electron chi connectivity index (χ2n) is 2.15. The molecule has 11 heavy (non-hydrogen) atoms. The maximum atomic E-state index is 5.76. The Hall–Kier alpha value is -1.16. The SMILES string of the molecule is Cc1ncc2c(Cl)ncnn12. The van der Waals surface area contributed by atoms with Crippen molar-refractivity contribution in [3.63, 3.8) is 0 Å². The summed E-state index contributed by atoms with van der Waals surface area (Å²) in [5, 5.41) is 4.39. The van der Waals surface area contributed by atoms with Gasteiger partial charge >= 0.3 is 0 Å². The Morgan fingerprint density at radius 2 is 2.27 bits per heavy atom. The first-order valence-electron chi connectivity index (χ1n) is 3.10. The van der Waals surface area contributed by atoms with Gasteiger partial charge in [0, 0.05) is 0 Å². The summed E-state index contributed by atoms with van der Waals surface area (Å²) in [6.45, 7) is 1.86. The number of rotatable bonds is 0. The van der Waals surface area contributed by atoms with Gasteiger partial charge in [-0.25, -0.2) is 14.5 Å². The van der Waals surface area contributed by atoms with Gasteiger partial charge in [-0.3, -0.25) is 0 Å². The highest BCUT2D eigenvalue weighted by Gasteiger charge is 2.02. The molecule has 0 aromatic carbocycles. The van der Waals surface area contributed by atoms with Crippen LogP contribution in [0.1, 0.15) is 5.82 Å². The lowest BCUT2D eigenvalue weighted by Gasteiger charge is -1.93. The number of nitrogens with zero attached hydrogens (tertiary/aromatic N) is 4. The van der Waals surface area contributed by atoms with Crippen LogP contribution in [-0.4, -0.2) is 19.6 Å². The van der Waals surface area contributed by atoms with E-state index in [4.69, 9.17) is 11.6 Å². The highest BCUT2D eigenvalue weighted by Crippen LogP contribution is 2.12. The van der Waals surface area contributed by atoms with Gasteiger partial charge in [-0.05, 0) is 6.92 Å². The number of imidazole rings is 1. The molecule has 0 saturated heterocycles. The predicted octanol–water partition coefficient (Wildman–Crippen LogP) is 1.09. The van der Waals surface area contributed by atoms with Crippen LogP contribution in [0.2, 0.25) is 5.15 Å². The molecule has 0 atom stereocenters. The molecule has 2 aromatic heterocycles. The molecule has 0 bridgehead atoms. The molecule has 0 aliphatic rings. The summed E-state index contributed by atoms with van der Waals surface area (Å²) in [6, 6.07) is 0. The van der Waals surface area contributed by atoms with Gasteiger partial charge < -0.3 is 0 Å². The zero-order valence-electron chi connectivity index (χ0n) is 5.82. The van der Waals surface area contributed by atoms with Gasteiger partial charge in [-0.1, -0.05) is 11.6 Å². The molecule has 0 N–H and O–H groups in total. The van der Waals surface area contributed by atoms with Gasteiger partial charge in [0.15, 0.2) is 5.15 Å². The molecule has 0 spiro atoms. The molecule has 0 aliphatic heterocycles. The molecule has 2 heterocycles. The minimum Gasteiger partial charge on any atom is -0.239 e. The molecule has 56 valence electrons. The summed E-state index contributed by atoms with van der Waals surface area (Å²) in [7, 11) is 0. The van der Waals surface area contributed by atoms with Crippen LogP contribution in [0.15, 0.2) is 12.5 Å². The van der Waals surface area contributed by atoms with Crippen LogP contribution in [-0.2, 0) is 0 Å². The van der Waals surface area contributed by atoms with Gasteiger partial charge in [0.05, 0.1) is 6.20 Å². The molecule has 0 unspecified atom stereocenters. The maximum absolute atomic E-state index is 5.76. The van der Waals surface area contributed by atoms with Crippen molar-refractivity contribution in [2.45, 2.75) is 6.92 Å². The first-order valence-corrected chi connectivity index (χ1v) is 3.47. The van der Waals surface area contributed by atoms with E-state index < -0.39 is 0 Å². The minimum absolute atomic E-state index is 0.431. The van der Waals surface area contributed by atoms with Crippen molar-refractivity contribution < 1.29 is 0 Å². The summed E-state index contributed by atoms with van der Waals surface area (Å²) in [6.07, 6.45) is 3.06. The largest absolute Gasteiger partial charge is 0.239 e. The van der Waals surface area contributed by atoms with Crippen LogP contribution >= 0.6 is 11.6 Å². The number of fused-ring (bicyclic) bond motifs is 1. The van der Waals surface area contributed by atoms with Crippen LogP contribution in [0.3, 0.4) is 0 Å². The number of hydrogen-bond donors (Lipinski definition) is 0. The van der Waals surface area contributed by atoms with E-state index >= 15 is 0 Å². The fourth-order valence-electron chi connectivity index (χ4n) is 0.919. The van der Waals surface area contributed by atoms with Crippen LogP contribution < -0.4 is 0 Å². The zero-order valence-corrected chi connectivity index (χ0v) is 6.58. The molecule has 5 heteroatoms. The number of halogens is 1. The standard InChI is InChI=1S/C6H5ClN4/c1-4-8-2-5-6(7)9-3-10-11(4)5/h2-3H,1H3. The molecular weight excluding hydrogens is 164 g/mol. The second kappa shape index (κ2) is 2.17. The van der Waals surface area contributed by atoms with E-state index in [0.717, 1.165) is 11.3 Å². The molecule has 2 aromatic rings. The molecule has 2 rings (SSSR count). The van der Waals surface area contributed by atoms with Crippen LogP contribution in [0, 0.1) is 6.92 Å². The van der Waals surface area contributed by atoms with Crippen LogP contribution in [0.4, 0.5) is 0 Å². The van der Waals surface area contributed by atoms with E-state index in [-0.39, 0.29) is 0 Å². The monoisotopic (exact) mass is 168 g/mol. The Morgan fingerprint density at radius 1 is 1.45 bits per heavy atom. The van der Waals surface area contributed by atoms with Crippen molar-refractivity contribution in [3.05, 3.63) is 23.5 Å². The Morgan fingerprint density at radius 3 is 3.00 bits per heavy atom. The maximum Gasteiger partial charge on any atom is 0.158 e. The lowest BCUT2D eigenvalue weighted by atomic mass is 10.6. The Kier molecular flexibility index (Phi) is 1.29. The molecule has 0 aliphatic carbocycles. The molecule has 0 amide bonds. The topological polar surface area (TPSA) is 43.1 Å². The lowest BCUT2D eigenvalue weighted by Crippen LogP contribution is -1.94. The number of aryl methyl sites for hydroxylation is 1. The van der Waals surface area contributed by atoms with Gasteiger partial charge in [-0.2, -0.15) is 5.10 Å². The minimum atomic E-state index is 0.431. The third-order valence-corrected chi connectivity index (χ3v) is 1.75. The van der Waals surface area contributed by atoms with Crippen molar-refractivity contribution in [2.24, 2.45) is 0 Å². The Balaban J connectivity index is 2.94. The normalized spacial score (nSPS) is 10.7. The van der Waals surface area contributed by atoms with Crippen molar-refractivity contribution in [2.75, 3.05) is 0 Å². The third kappa shape index (κ3) is 0.867. The average molecular weight is 169 g/mol. The predicted molar refractivity (Wildman–Crippen MR) is 40.5 cm³/mol. The van der Waals surface area contributed by atoms with E-state index in [9.17, 15) is 0 Å². The highest BCUT2D eigenvalue weighted by molar-refractivity contribution is 6.32. The van der Waals surface area contributed by atoms with Crippen molar-refractivity contribution in [1.29, 1.82) is 0 Å². The quantitative estimate of drug-likeness (QED) is 0.592. The average Bonchev–Trinajstić information content (AvgIpc) is 2.35. The van der Waals surface area contributed by atoms with Gasteiger partial charge in [0.2, 0.25) is 0 Å². The van der Waals surface area contributed by atoms with Gasteiger partial charge in [0.1, 0.15) is 17.7 Å². The van der Waals surface area contributed by atoms with Crippen LogP contribution in [0.25, 0.3) is 5.52 Å². The molecule has 4 nitrogen and oxygen atoms in total. The molecule has 0 saturated carbocycles. The summed E-state index contributed by atoms with van der Waals surface area (Å²) < 4.78 is 1.65. The van der Waals surface area contributed by atoms with E-state index in [1.54, 1.807) is 10.7 Å². The number of aromatic nitrogens is 4. The Labute approximate surface area is 67.8 Å². The zero-order chi connectivity index (χ0) is 7.84. The van der Waals surface area contributed by atoms with Crippen LogP contribution in [0.5, 0.6) is 0 Å². The van der Waals surface area contributed by atoms with E-state index in [0.29, 0.717) is 5.15 Å². The van der Waals surface area contributed by atoms with Crippen molar-refractivity contribution in [1.82, 2.24) is 19.6 Å². The smallest absolute Gasteiger partial charge is 0.158 e. The number of hydrogen-bond acceptors (Lipinski definition) is 3. The first-order chi connectivity index (χ1) is 5.29. The fraction of sp³-hybridized carbons (Fsp3) is 0.167. The lowest BCUT2D eigenvalue weighted by molar-refractivity contribution is 0.852. The molecular formula is C6H5ClN4. The summed E-state index contributed by atoms with van der Waals surface area (Å²) in [5.74, 6) is 0.810. The fourth-order valence-corrected chi connectivity index (χ4v) is 1.09. The second-order valence-corrected chi connectivity index (χ2v) is 2.51. The van der Waals surface area contributed by atoms with Crippen molar-refractivity contribution in [3.8, 4) is 0 Å². The van der Waals surface area contributed by atoms with E-state index in [1.165, 1.54) is 6.33 Å². The summed E-state index contributed by atoms with van der Waals surface area (Å²) >= 11 is 5.76. The Bertz CT molecular complexity index is 394. The molecule has 0 fully saturated rings. The van der Waals surface area contributed by atoms with Crippen molar-refractivity contribution >= 4 is 17.1 Å². The van der Waals surface area contributed by atoms with E-state index in [1.807, 2.05) is 6.92 Å². The van der Waals surface area contributed by atoms with Gasteiger partial charge in [0.25, 0.3) is 0 Å².